The van der Waals surface area contributed by atoms with Gasteiger partial charge in [0, 0.05) is 12.4 Å². The number of hydrogen-bond donors (Lipinski definition) is 1. The summed E-state index contributed by atoms with van der Waals surface area (Å²) in [6.07, 6.45) is 3.76. The van der Waals surface area contributed by atoms with Crippen molar-refractivity contribution in [3.63, 3.8) is 0 Å². The van der Waals surface area contributed by atoms with E-state index in [1.807, 2.05) is 24.4 Å². The smallest absolute Gasteiger partial charge is 0.181 e. The van der Waals surface area contributed by atoms with Crippen molar-refractivity contribution in [3.05, 3.63) is 23.8 Å². The molecule has 0 saturated carbocycles. The number of nitrogens with two attached hydrogens (primary N) is 1. The maximum atomic E-state index is 5.63. The first kappa shape index (κ1) is 7.09. The van der Waals surface area contributed by atoms with E-state index in [4.69, 9.17) is 5.73 Å². The molecule has 2 rings (SSSR count). The molecule has 0 saturated heterocycles. The van der Waals surface area contributed by atoms with Gasteiger partial charge in [-0.3, -0.25) is 4.40 Å². The number of nitrogen functional groups attached to an aromatic ring is 1. The summed E-state index contributed by atoms with van der Waals surface area (Å²) in [4.78, 5) is 8.29. The van der Waals surface area contributed by atoms with Gasteiger partial charge in [0.25, 0.3) is 0 Å². The minimum absolute atomic E-state index is 0.493. The highest BCUT2D eigenvalue weighted by molar-refractivity contribution is 5.60. The number of nitrogens with zero attached hydrogens (tertiary/aromatic N) is 3. The Morgan fingerprint density at radius 2 is 2.17 bits per heavy atom. The van der Waals surface area contributed by atoms with E-state index >= 15 is 0 Å². The number of anilines is 1. The van der Waals surface area contributed by atoms with Gasteiger partial charge in [-0.1, -0.05) is 0 Å². The van der Waals surface area contributed by atoms with Crippen molar-refractivity contribution in [2.45, 2.75) is 13.8 Å². The van der Waals surface area contributed by atoms with E-state index in [9.17, 15) is 0 Å². The van der Waals surface area contributed by atoms with Gasteiger partial charge < -0.3 is 5.73 Å². The van der Waals surface area contributed by atoms with Crippen molar-refractivity contribution in [1.82, 2.24) is 14.4 Å². The van der Waals surface area contributed by atoms with Crippen LogP contribution in [0.15, 0.2) is 12.4 Å². The van der Waals surface area contributed by atoms with Crippen molar-refractivity contribution < 1.29 is 0 Å². The van der Waals surface area contributed by atoms with Gasteiger partial charge in [-0.25, -0.2) is 9.97 Å². The highest BCUT2D eigenvalue weighted by atomic mass is 15.1. The van der Waals surface area contributed by atoms with Crippen molar-refractivity contribution in [2.24, 2.45) is 0 Å². The zero-order valence-corrected chi connectivity index (χ0v) is 7.07. The van der Waals surface area contributed by atoms with Crippen LogP contribution in [0.1, 0.15) is 11.4 Å². The third kappa shape index (κ3) is 0.845. The Hall–Kier alpha value is -1.58. The van der Waals surface area contributed by atoms with Gasteiger partial charge in [-0.15, -0.1) is 0 Å². The van der Waals surface area contributed by atoms with Crippen LogP contribution in [0.2, 0.25) is 0 Å². The summed E-state index contributed by atoms with van der Waals surface area (Å²) in [7, 11) is 0. The number of rotatable bonds is 0. The molecule has 2 N–H and O–H groups in total. The Kier molecular flexibility index (Phi) is 1.30. The molecule has 0 amide bonds. The van der Waals surface area contributed by atoms with Crippen molar-refractivity contribution in [3.8, 4) is 0 Å². The maximum absolute atomic E-state index is 5.63. The summed E-state index contributed by atoms with van der Waals surface area (Å²) >= 11 is 0. The molecule has 0 aliphatic rings. The zero-order valence-electron chi connectivity index (χ0n) is 7.07. The summed E-state index contributed by atoms with van der Waals surface area (Å²) in [6.45, 7) is 3.90. The molecule has 0 atom stereocenters. The Morgan fingerprint density at radius 1 is 1.42 bits per heavy atom. The topological polar surface area (TPSA) is 56.2 Å². The number of aromatic nitrogens is 3. The van der Waals surface area contributed by atoms with Crippen LogP contribution in [0, 0.1) is 13.8 Å². The maximum Gasteiger partial charge on any atom is 0.181 e. The van der Waals surface area contributed by atoms with E-state index in [1.165, 1.54) is 0 Å². The lowest BCUT2D eigenvalue weighted by molar-refractivity contribution is 1.01. The number of fused-ring (bicyclic) bond motifs is 1. The van der Waals surface area contributed by atoms with Crippen LogP contribution in [0.5, 0.6) is 0 Å². The number of imidazole rings is 1. The first-order valence-electron chi connectivity index (χ1n) is 3.75. The van der Waals surface area contributed by atoms with Crippen molar-refractivity contribution in [1.29, 1.82) is 0 Å². The van der Waals surface area contributed by atoms with Gasteiger partial charge >= 0.3 is 0 Å². The largest absolute Gasteiger partial charge is 0.381 e. The summed E-state index contributed by atoms with van der Waals surface area (Å²) in [6, 6.07) is 0. The number of aryl methyl sites for hydroxylation is 2. The first-order chi connectivity index (χ1) is 5.68. The zero-order chi connectivity index (χ0) is 8.72. The van der Waals surface area contributed by atoms with Crippen LogP contribution in [0.25, 0.3) is 5.65 Å². The molecule has 0 spiro atoms. The molecule has 0 fully saturated rings. The summed E-state index contributed by atoms with van der Waals surface area (Å²) in [5.41, 5.74) is 7.47. The minimum atomic E-state index is 0.493. The monoisotopic (exact) mass is 162 g/mol. The first-order valence-corrected chi connectivity index (χ1v) is 3.75. The summed E-state index contributed by atoms with van der Waals surface area (Å²) < 4.78 is 1.89. The molecule has 12 heavy (non-hydrogen) atoms. The van der Waals surface area contributed by atoms with Gasteiger partial charge in [0.1, 0.15) is 5.82 Å². The second kappa shape index (κ2) is 2.20. The summed E-state index contributed by atoms with van der Waals surface area (Å²) in [5, 5.41) is 0. The van der Waals surface area contributed by atoms with Gasteiger partial charge in [0.2, 0.25) is 0 Å². The molecule has 4 heteroatoms. The normalized spacial score (nSPS) is 10.8. The van der Waals surface area contributed by atoms with E-state index in [1.54, 1.807) is 6.20 Å². The van der Waals surface area contributed by atoms with E-state index in [0.29, 0.717) is 5.82 Å². The summed E-state index contributed by atoms with van der Waals surface area (Å²) in [5.74, 6) is 1.37. The molecule has 0 aliphatic carbocycles. The quantitative estimate of drug-likeness (QED) is 0.627. The molecule has 2 aromatic rings. The van der Waals surface area contributed by atoms with Crippen LogP contribution in [-0.4, -0.2) is 14.4 Å². The molecule has 2 aromatic heterocycles. The fraction of sp³-hybridized carbons (Fsp3) is 0.250. The average molecular weight is 162 g/mol. The Balaban J connectivity index is 2.90. The minimum Gasteiger partial charge on any atom is -0.381 e. The lowest BCUT2D eigenvalue weighted by Gasteiger charge is -1.96. The van der Waals surface area contributed by atoms with E-state index in [0.717, 1.165) is 17.0 Å². The second-order valence-electron chi connectivity index (χ2n) is 2.87. The Morgan fingerprint density at radius 3 is 2.92 bits per heavy atom. The van der Waals surface area contributed by atoms with Gasteiger partial charge in [-0.2, -0.15) is 0 Å². The molecule has 62 valence electrons. The SMILES string of the molecule is Cc1cnc2c(N)nc(C)n2c1. The number of hydrogen-bond acceptors (Lipinski definition) is 3. The third-order valence-corrected chi connectivity index (χ3v) is 1.81. The van der Waals surface area contributed by atoms with Gasteiger partial charge in [-0.05, 0) is 19.4 Å². The molecule has 2 heterocycles. The molecule has 0 aliphatic heterocycles. The third-order valence-electron chi connectivity index (χ3n) is 1.81. The van der Waals surface area contributed by atoms with E-state index in [-0.39, 0.29) is 0 Å². The second-order valence-corrected chi connectivity index (χ2v) is 2.87. The van der Waals surface area contributed by atoms with Crippen LogP contribution in [-0.2, 0) is 0 Å². The van der Waals surface area contributed by atoms with Gasteiger partial charge in [0.05, 0.1) is 0 Å². The standard InChI is InChI=1S/C8H10N4/c1-5-3-10-8-7(9)11-6(2)12(8)4-5/h3-4H,9H2,1-2H3. The van der Waals surface area contributed by atoms with Crippen LogP contribution in [0.4, 0.5) is 5.82 Å². The molecule has 0 radical (unpaired) electrons. The fourth-order valence-corrected chi connectivity index (χ4v) is 1.24. The van der Waals surface area contributed by atoms with E-state index in [2.05, 4.69) is 9.97 Å². The molecule has 0 unspecified atom stereocenters. The molecular weight excluding hydrogens is 152 g/mol. The highest BCUT2D eigenvalue weighted by Gasteiger charge is 2.04. The Labute approximate surface area is 70.1 Å². The van der Waals surface area contributed by atoms with Gasteiger partial charge in [0.15, 0.2) is 11.5 Å². The van der Waals surface area contributed by atoms with Crippen LogP contribution in [0.3, 0.4) is 0 Å². The lowest BCUT2D eigenvalue weighted by Crippen LogP contribution is -1.92. The Bertz CT molecular complexity index is 430. The lowest BCUT2D eigenvalue weighted by atomic mass is 10.4. The molecule has 4 nitrogen and oxygen atoms in total. The average Bonchev–Trinajstić information content (AvgIpc) is 2.28. The predicted octanol–water partition coefficient (Wildman–Crippen LogP) is 0.928. The fourth-order valence-electron chi connectivity index (χ4n) is 1.24. The van der Waals surface area contributed by atoms with Crippen molar-refractivity contribution in [2.75, 3.05) is 5.73 Å². The van der Waals surface area contributed by atoms with Crippen LogP contribution < -0.4 is 5.73 Å². The molecular formula is C8H10N4. The van der Waals surface area contributed by atoms with Crippen LogP contribution >= 0.6 is 0 Å². The predicted molar refractivity (Wildman–Crippen MR) is 46.9 cm³/mol. The van der Waals surface area contributed by atoms with Crippen molar-refractivity contribution >= 4 is 11.5 Å². The molecule has 0 aromatic carbocycles. The highest BCUT2D eigenvalue weighted by Crippen LogP contribution is 2.11. The van der Waals surface area contributed by atoms with E-state index < -0.39 is 0 Å². The molecule has 0 bridgehead atoms.